The van der Waals surface area contributed by atoms with Crippen LogP contribution >= 0.6 is 11.8 Å². The van der Waals surface area contributed by atoms with E-state index in [1.54, 1.807) is 31.5 Å². The summed E-state index contributed by atoms with van der Waals surface area (Å²) < 4.78 is 4.97. The summed E-state index contributed by atoms with van der Waals surface area (Å²) in [6.45, 7) is 4.00. The van der Waals surface area contributed by atoms with Crippen LogP contribution in [0.25, 0.3) is 0 Å². The van der Waals surface area contributed by atoms with E-state index in [4.69, 9.17) is 10.5 Å². The molecule has 0 fully saturated rings. The predicted octanol–water partition coefficient (Wildman–Crippen LogP) is 2.70. The van der Waals surface area contributed by atoms with E-state index in [9.17, 15) is 4.79 Å². The SMILES string of the molecule is CCOC(=O)c1cc(Sc2ncc(C)cn2)ccc1N. The number of anilines is 1. The number of rotatable bonds is 4. The van der Waals surface area contributed by atoms with E-state index in [-0.39, 0.29) is 0 Å². The molecule has 0 amide bonds. The first-order chi connectivity index (χ1) is 9.60. The highest BCUT2D eigenvalue weighted by Gasteiger charge is 2.12. The third kappa shape index (κ3) is 3.48. The van der Waals surface area contributed by atoms with Gasteiger partial charge in [0.05, 0.1) is 12.2 Å². The number of esters is 1. The van der Waals surface area contributed by atoms with Crippen molar-refractivity contribution in [2.75, 3.05) is 12.3 Å². The monoisotopic (exact) mass is 289 g/mol. The number of aromatic nitrogens is 2. The van der Waals surface area contributed by atoms with E-state index in [0.717, 1.165) is 10.5 Å². The Morgan fingerprint density at radius 3 is 2.70 bits per heavy atom. The summed E-state index contributed by atoms with van der Waals surface area (Å²) in [5.74, 6) is -0.419. The van der Waals surface area contributed by atoms with Crippen molar-refractivity contribution in [1.29, 1.82) is 0 Å². The van der Waals surface area contributed by atoms with Gasteiger partial charge in [0, 0.05) is 23.0 Å². The van der Waals surface area contributed by atoms with Crippen LogP contribution < -0.4 is 5.73 Å². The molecule has 2 N–H and O–H groups in total. The van der Waals surface area contributed by atoms with Gasteiger partial charge in [-0.25, -0.2) is 14.8 Å². The summed E-state index contributed by atoms with van der Waals surface area (Å²) >= 11 is 1.37. The summed E-state index contributed by atoms with van der Waals surface area (Å²) in [6, 6.07) is 5.20. The first kappa shape index (κ1) is 14.3. The average Bonchev–Trinajstić information content (AvgIpc) is 2.43. The Labute approximate surface area is 121 Å². The molecule has 0 aliphatic rings. The van der Waals surface area contributed by atoms with E-state index in [1.165, 1.54) is 11.8 Å². The molecule has 0 aliphatic heterocycles. The second-order valence-corrected chi connectivity index (χ2v) is 5.16. The van der Waals surface area contributed by atoms with Crippen LogP contribution in [0.3, 0.4) is 0 Å². The van der Waals surface area contributed by atoms with Crippen LogP contribution in [0.4, 0.5) is 5.69 Å². The number of nitrogens with zero attached hydrogens (tertiary/aromatic N) is 2. The quantitative estimate of drug-likeness (QED) is 0.529. The molecule has 0 radical (unpaired) electrons. The molecule has 0 atom stereocenters. The lowest BCUT2D eigenvalue weighted by molar-refractivity contribution is 0.0527. The lowest BCUT2D eigenvalue weighted by Crippen LogP contribution is -2.08. The molecule has 0 unspecified atom stereocenters. The third-order valence-corrected chi connectivity index (χ3v) is 3.37. The fraction of sp³-hybridized carbons (Fsp3) is 0.214. The number of hydrogen-bond donors (Lipinski definition) is 1. The lowest BCUT2D eigenvalue weighted by Gasteiger charge is -2.07. The van der Waals surface area contributed by atoms with Gasteiger partial charge >= 0.3 is 5.97 Å². The predicted molar refractivity (Wildman–Crippen MR) is 77.7 cm³/mol. The zero-order chi connectivity index (χ0) is 14.5. The van der Waals surface area contributed by atoms with Crippen molar-refractivity contribution in [3.05, 3.63) is 41.7 Å². The number of hydrogen-bond acceptors (Lipinski definition) is 6. The molecule has 0 aliphatic carbocycles. The standard InChI is InChI=1S/C14H15N3O2S/c1-3-19-13(18)11-6-10(4-5-12(11)15)20-14-16-7-9(2)8-17-14/h4-8H,3,15H2,1-2H3. The summed E-state index contributed by atoms with van der Waals surface area (Å²) in [7, 11) is 0. The second-order valence-electron chi connectivity index (χ2n) is 4.11. The summed E-state index contributed by atoms with van der Waals surface area (Å²) in [5.41, 5.74) is 7.56. The van der Waals surface area contributed by atoms with Gasteiger partial charge in [-0.3, -0.25) is 0 Å². The van der Waals surface area contributed by atoms with Gasteiger partial charge in [0.2, 0.25) is 0 Å². The van der Waals surface area contributed by atoms with Gasteiger partial charge in [0.25, 0.3) is 0 Å². The van der Waals surface area contributed by atoms with E-state index in [2.05, 4.69) is 9.97 Å². The molecule has 0 saturated heterocycles. The van der Waals surface area contributed by atoms with E-state index in [1.807, 2.05) is 13.0 Å². The number of aryl methyl sites for hydroxylation is 1. The minimum absolute atomic E-state index is 0.316. The van der Waals surface area contributed by atoms with Crippen LogP contribution in [-0.4, -0.2) is 22.5 Å². The maximum Gasteiger partial charge on any atom is 0.340 e. The van der Waals surface area contributed by atoms with Gasteiger partial charge in [-0.15, -0.1) is 0 Å². The number of ether oxygens (including phenoxy) is 1. The van der Waals surface area contributed by atoms with Crippen LogP contribution in [0.2, 0.25) is 0 Å². The Hall–Kier alpha value is -2.08. The minimum Gasteiger partial charge on any atom is -0.462 e. The molecule has 2 aromatic rings. The Bertz CT molecular complexity index is 614. The fourth-order valence-electron chi connectivity index (χ4n) is 1.52. The van der Waals surface area contributed by atoms with Gasteiger partial charge < -0.3 is 10.5 Å². The summed E-state index contributed by atoms with van der Waals surface area (Å²) in [6.07, 6.45) is 3.50. The second kappa shape index (κ2) is 6.38. The Balaban J connectivity index is 2.22. The molecule has 5 nitrogen and oxygen atoms in total. The maximum atomic E-state index is 11.8. The molecular formula is C14H15N3O2S. The topological polar surface area (TPSA) is 78.1 Å². The average molecular weight is 289 g/mol. The summed E-state index contributed by atoms with van der Waals surface area (Å²) in [4.78, 5) is 21.0. The van der Waals surface area contributed by atoms with Crippen LogP contribution in [0.15, 0.2) is 40.6 Å². The van der Waals surface area contributed by atoms with Crippen molar-refractivity contribution >= 4 is 23.4 Å². The van der Waals surface area contributed by atoms with Crippen LogP contribution in [0.1, 0.15) is 22.8 Å². The van der Waals surface area contributed by atoms with Crippen molar-refractivity contribution in [2.24, 2.45) is 0 Å². The lowest BCUT2D eigenvalue weighted by atomic mass is 10.2. The molecule has 20 heavy (non-hydrogen) atoms. The molecule has 2 rings (SSSR count). The Kier molecular flexibility index (Phi) is 4.57. The van der Waals surface area contributed by atoms with Gasteiger partial charge in [0.1, 0.15) is 0 Å². The maximum absolute atomic E-state index is 11.8. The van der Waals surface area contributed by atoms with Crippen LogP contribution in [0, 0.1) is 6.92 Å². The van der Waals surface area contributed by atoms with E-state index in [0.29, 0.717) is 23.0 Å². The first-order valence-electron chi connectivity index (χ1n) is 6.13. The third-order valence-electron chi connectivity index (χ3n) is 2.49. The zero-order valence-corrected chi connectivity index (χ0v) is 12.1. The highest BCUT2D eigenvalue weighted by molar-refractivity contribution is 7.99. The van der Waals surface area contributed by atoms with Gasteiger partial charge in [-0.05, 0) is 49.4 Å². The van der Waals surface area contributed by atoms with Crippen molar-refractivity contribution in [1.82, 2.24) is 9.97 Å². The molecule has 1 aromatic heterocycles. The van der Waals surface area contributed by atoms with Crippen molar-refractivity contribution in [3.8, 4) is 0 Å². The Morgan fingerprint density at radius 2 is 2.05 bits per heavy atom. The number of benzene rings is 1. The minimum atomic E-state index is -0.419. The normalized spacial score (nSPS) is 10.3. The van der Waals surface area contributed by atoms with Crippen molar-refractivity contribution in [2.45, 2.75) is 23.9 Å². The van der Waals surface area contributed by atoms with Gasteiger partial charge in [0.15, 0.2) is 5.16 Å². The highest BCUT2D eigenvalue weighted by atomic mass is 32.2. The Morgan fingerprint density at radius 1 is 1.35 bits per heavy atom. The number of carbonyl (C=O) groups excluding carboxylic acids is 1. The highest BCUT2D eigenvalue weighted by Crippen LogP contribution is 2.27. The largest absolute Gasteiger partial charge is 0.462 e. The van der Waals surface area contributed by atoms with Crippen LogP contribution in [-0.2, 0) is 4.74 Å². The van der Waals surface area contributed by atoms with Crippen LogP contribution in [0.5, 0.6) is 0 Å². The van der Waals surface area contributed by atoms with Gasteiger partial charge in [-0.2, -0.15) is 0 Å². The fourth-order valence-corrected chi connectivity index (χ4v) is 2.26. The molecule has 6 heteroatoms. The molecule has 0 bridgehead atoms. The molecule has 1 aromatic carbocycles. The number of nitrogen functional groups attached to an aromatic ring is 1. The molecule has 104 valence electrons. The molecular weight excluding hydrogens is 274 g/mol. The van der Waals surface area contributed by atoms with Crippen molar-refractivity contribution in [3.63, 3.8) is 0 Å². The van der Waals surface area contributed by atoms with Gasteiger partial charge in [-0.1, -0.05) is 0 Å². The van der Waals surface area contributed by atoms with Crippen molar-refractivity contribution < 1.29 is 9.53 Å². The number of nitrogens with two attached hydrogens (primary N) is 1. The molecule has 0 spiro atoms. The van der Waals surface area contributed by atoms with E-state index < -0.39 is 5.97 Å². The zero-order valence-electron chi connectivity index (χ0n) is 11.3. The van der Waals surface area contributed by atoms with E-state index >= 15 is 0 Å². The number of carbonyl (C=O) groups is 1. The molecule has 0 saturated carbocycles. The first-order valence-corrected chi connectivity index (χ1v) is 6.95. The smallest absolute Gasteiger partial charge is 0.340 e. The summed E-state index contributed by atoms with van der Waals surface area (Å²) in [5, 5.41) is 0.621. The molecule has 1 heterocycles.